The molecule has 0 heterocycles. The molecule has 0 aliphatic carbocycles. The first-order valence-electron chi connectivity index (χ1n) is 3.57. The van der Waals surface area contributed by atoms with E-state index >= 15 is 0 Å². The zero-order valence-electron chi connectivity index (χ0n) is 7.74. The molecule has 60 valence electrons. The van der Waals surface area contributed by atoms with Gasteiger partial charge in [0.2, 0.25) is 0 Å². The minimum Gasteiger partial charge on any atom is -0.877 e. The molecule has 2 nitrogen and oxygen atoms in total. The molecule has 0 aromatic heterocycles. The van der Waals surface area contributed by atoms with Crippen molar-refractivity contribution in [2.45, 2.75) is 6.92 Å². The molecule has 1 aromatic rings. The third kappa shape index (κ3) is 3.23. The Morgan fingerprint density at radius 1 is 1.38 bits per heavy atom. The van der Waals surface area contributed by atoms with Crippen molar-refractivity contribution in [2.75, 3.05) is 0 Å². The number of hydrogen-bond acceptors (Lipinski definition) is 2. The minimum atomic E-state index is 0. The van der Waals surface area contributed by atoms with Gasteiger partial charge in [0.1, 0.15) is 0 Å². The van der Waals surface area contributed by atoms with E-state index in [0.717, 1.165) is 5.56 Å². The van der Waals surface area contributed by atoms with Gasteiger partial charge in [-0.05, 0) is 12.5 Å². The molecule has 0 bridgehead atoms. The molecule has 3 heteroatoms. The van der Waals surface area contributed by atoms with Gasteiger partial charge in [0, 0.05) is 5.57 Å². The first kappa shape index (κ1) is 12.2. The molecular weight excluding hydrogens is 173 g/mol. The third-order valence-electron chi connectivity index (χ3n) is 1.60. The van der Waals surface area contributed by atoms with Crippen molar-refractivity contribution in [3.8, 4) is 6.07 Å². The van der Waals surface area contributed by atoms with Gasteiger partial charge in [-0.2, -0.15) is 5.26 Å². The van der Waals surface area contributed by atoms with Gasteiger partial charge < -0.3 is 5.11 Å². The average Bonchev–Trinajstić information content (AvgIpc) is 2.10. The molecule has 1 aromatic carbocycles. The molecular formula is C10H8NNaO. The fraction of sp³-hybridized carbons (Fsp3) is 0.100. The Balaban J connectivity index is 0.00000144. The van der Waals surface area contributed by atoms with Gasteiger partial charge >= 0.3 is 29.6 Å². The number of nitriles is 1. The molecule has 0 atom stereocenters. The fourth-order valence-corrected chi connectivity index (χ4v) is 0.892. The van der Waals surface area contributed by atoms with Gasteiger partial charge in [-0.3, -0.25) is 0 Å². The van der Waals surface area contributed by atoms with E-state index in [4.69, 9.17) is 5.26 Å². The molecule has 0 aliphatic rings. The number of allylic oxidation sites excluding steroid dienone is 1. The van der Waals surface area contributed by atoms with Crippen LogP contribution < -0.4 is 34.7 Å². The Bertz CT molecular complexity index is 335. The van der Waals surface area contributed by atoms with Gasteiger partial charge in [-0.25, -0.2) is 0 Å². The molecule has 13 heavy (non-hydrogen) atoms. The van der Waals surface area contributed by atoms with Gasteiger partial charge in [0.25, 0.3) is 0 Å². The summed E-state index contributed by atoms with van der Waals surface area (Å²) >= 11 is 0. The van der Waals surface area contributed by atoms with Crippen LogP contribution in [0.1, 0.15) is 11.1 Å². The SMILES string of the molecule is Cc1ccc(/C(C#N)=C\[O-])cc1.[Na+]. The first-order chi connectivity index (χ1) is 5.77. The molecule has 0 saturated heterocycles. The van der Waals surface area contributed by atoms with E-state index in [-0.39, 0.29) is 35.1 Å². The molecule has 0 unspecified atom stereocenters. The molecule has 0 N–H and O–H groups in total. The van der Waals surface area contributed by atoms with E-state index in [1.807, 2.05) is 25.1 Å². The van der Waals surface area contributed by atoms with Crippen molar-refractivity contribution in [1.29, 1.82) is 5.26 Å². The molecule has 0 spiro atoms. The van der Waals surface area contributed by atoms with Crippen LogP contribution in [-0.2, 0) is 0 Å². The Morgan fingerprint density at radius 2 is 1.92 bits per heavy atom. The predicted molar refractivity (Wildman–Crippen MR) is 44.8 cm³/mol. The molecule has 0 fully saturated rings. The number of benzene rings is 1. The summed E-state index contributed by atoms with van der Waals surface area (Å²) < 4.78 is 0. The Labute approximate surface area is 99.8 Å². The van der Waals surface area contributed by atoms with Crippen LogP contribution in [0.15, 0.2) is 30.5 Å². The quantitative estimate of drug-likeness (QED) is 0.292. The Hall–Kier alpha value is -0.750. The van der Waals surface area contributed by atoms with Gasteiger partial charge in [0.05, 0.1) is 6.07 Å². The van der Waals surface area contributed by atoms with Crippen LogP contribution in [0.3, 0.4) is 0 Å². The van der Waals surface area contributed by atoms with E-state index < -0.39 is 0 Å². The van der Waals surface area contributed by atoms with Gasteiger partial charge in [0.15, 0.2) is 0 Å². The van der Waals surface area contributed by atoms with Crippen LogP contribution in [0.4, 0.5) is 0 Å². The number of aryl methyl sites for hydroxylation is 1. The zero-order valence-corrected chi connectivity index (χ0v) is 9.74. The smallest absolute Gasteiger partial charge is 0.877 e. The second-order valence-electron chi connectivity index (χ2n) is 2.51. The summed E-state index contributed by atoms with van der Waals surface area (Å²) in [4.78, 5) is 0. The standard InChI is InChI=1S/C10H9NO.Na/c1-8-2-4-9(5-3-8)10(6-11)7-12;/h2-5,7,12H,1H3;/q;+1/p-1/b10-7-;. The Kier molecular flexibility index (Phi) is 5.48. The average molecular weight is 181 g/mol. The minimum absolute atomic E-state index is 0. The summed E-state index contributed by atoms with van der Waals surface area (Å²) in [5.41, 5.74) is 1.97. The maximum atomic E-state index is 10.4. The predicted octanol–water partition coefficient (Wildman–Crippen LogP) is -1.78. The van der Waals surface area contributed by atoms with Crippen LogP contribution in [0.5, 0.6) is 0 Å². The van der Waals surface area contributed by atoms with Crippen LogP contribution in [0.2, 0.25) is 0 Å². The van der Waals surface area contributed by atoms with Crippen molar-refractivity contribution < 1.29 is 34.7 Å². The number of nitrogens with zero attached hydrogens (tertiary/aromatic N) is 1. The normalized spacial score (nSPS) is 10.0. The summed E-state index contributed by atoms with van der Waals surface area (Å²) in [6.45, 7) is 1.96. The van der Waals surface area contributed by atoms with E-state index in [9.17, 15) is 5.11 Å². The molecule has 0 saturated carbocycles. The number of rotatable bonds is 1. The van der Waals surface area contributed by atoms with Crippen LogP contribution in [0, 0.1) is 18.3 Å². The maximum Gasteiger partial charge on any atom is 1.00 e. The van der Waals surface area contributed by atoms with Crippen LogP contribution in [0.25, 0.3) is 5.57 Å². The Morgan fingerprint density at radius 3 is 2.31 bits per heavy atom. The van der Waals surface area contributed by atoms with E-state index in [0.29, 0.717) is 11.8 Å². The van der Waals surface area contributed by atoms with E-state index in [1.54, 1.807) is 12.1 Å². The third-order valence-corrected chi connectivity index (χ3v) is 1.60. The molecule has 0 radical (unpaired) electrons. The summed E-state index contributed by atoms with van der Waals surface area (Å²) in [6, 6.07) is 9.11. The van der Waals surface area contributed by atoms with Crippen molar-refractivity contribution in [1.82, 2.24) is 0 Å². The number of hydrogen-bond donors (Lipinski definition) is 0. The molecule has 0 aliphatic heterocycles. The monoisotopic (exact) mass is 181 g/mol. The molecule has 0 amide bonds. The molecule has 1 rings (SSSR count). The second-order valence-corrected chi connectivity index (χ2v) is 2.51. The van der Waals surface area contributed by atoms with Crippen LogP contribution >= 0.6 is 0 Å². The van der Waals surface area contributed by atoms with E-state index in [1.165, 1.54) is 0 Å². The van der Waals surface area contributed by atoms with Gasteiger partial charge in [-0.1, -0.05) is 29.8 Å². The first-order valence-corrected chi connectivity index (χ1v) is 3.57. The second kappa shape index (κ2) is 5.82. The summed E-state index contributed by atoms with van der Waals surface area (Å²) in [5, 5.41) is 18.9. The summed E-state index contributed by atoms with van der Waals surface area (Å²) in [7, 11) is 0. The summed E-state index contributed by atoms with van der Waals surface area (Å²) in [6.07, 6.45) is 0.574. The maximum absolute atomic E-state index is 10.4. The van der Waals surface area contributed by atoms with Gasteiger partial charge in [-0.15, -0.1) is 6.26 Å². The zero-order chi connectivity index (χ0) is 8.97. The van der Waals surface area contributed by atoms with Crippen molar-refractivity contribution in [2.24, 2.45) is 0 Å². The van der Waals surface area contributed by atoms with Crippen molar-refractivity contribution in [3.63, 3.8) is 0 Å². The largest absolute Gasteiger partial charge is 1.00 e. The van der Waals surface area contributed by atoms with Crippen molar-refractivity contribution in [3.05, 3.63) is 41.7 Å². The van der Waals surface area contributed by atoms with Crippen LogP contribution in [-0.4, -0.2) is 0 Å². The van der Waals surface area contributed by atoms with E-state index in [2.05, 4.69) is 0 Å². The summed E-state index contributed by atoms with van der Waals surface area (Å²) in [5.74, 6) is 0. The van der Waals surface area contributed by atoms with Crippen molar-refractivity contribution >= 4 is 5.57 Å². The fourth-order valence-electron chi connectivity index (χ4n) is 0.892. The topological polar surface area (TPSA) is 46.8 Å².